The number of sulfonamides is 1. The first-order valence-electron chi connectivity index (χ1n) is 7.25. The molecule has 0 atom stereocenters. The van der Waals surface area contributed by atoms with Crippen molar-refractivity contribution in [3.63, 3.8) is 0 Å². The van der Waals surface area contributed by atoms with Crippen LogP contribution in [-0.4, -0.2) is 55.6 Å². The molecule has 0 N–H and O–H groups in total. The predicted octanol–water partition coefficient (Wildman–Crippen LogP) is 1.58. The molecule has 0 aliphatic carbocycles. The molecule has 0 amide bonds. The highest BCUT2D eigenvalue weighted by molar-refractivity contribution is 7.89. The lowest BCUT2D eigenvalue weighted by molar-refractivity contribution is 0.154. The number of hydrogen-bond donors (Lipinski definition) is 0. The molecule has 20 heavy (non-hydrogen) atoms. The van der Waals surface area contributed by atoms with Gasteiger partial charge in [0, 0.05) is 32.2 Å². The van der Waals surface area contributed by atoms with E-state index in [0.29, 0.717) is 25.6 Å². The van der Waals surface area contributed by atoms with Crippen LogP contribution in [0.5, 0.6) is 0 Å². The van der Waals surface area contributed by atoms with Gasteiger partial charge in [-0.25, -0.2) is 8.42 Å². The molecule has 0 aromatic heterocycles. The van der Waals surface area contributed by atoms with Gasteiger partial charge < -0.3 is 0 Å². The Morgan fingerprint density at radius 2 is 1.65 bits per heavy atom. The second kappa shape index (κ2) is 6.70. The van der Waals surface area contributed by atoms with Gasteiger partial charge in [-0.15, -0.1) is 0 Å². The topological polar surface area (TPSA) is 40.6 Å². The summed E-state index contributed by atoms with van der Waals surface area (Å²) in [6, 6.07) is 10.3. The minimum Gasteiger partial charge on any atom is -0.298 e. The maximum atomic E-state index is 12.3. The second-order valence-electron chi connectivity index (χ2n) is 5.58. The maximum absolute atomic E-state index is 12.3. The van der Waals surface area contributed by atoms with E-state index in [1.807, 2.05) is 30.3 Å². The summed E-state index contributed by atoms with van der Waals surface area (Å²) < 4.78 is 26.3. The van der Waals surface area contributed by atoms with E-state index < -0.39 is 10.0 Å². The Hall–Kier alpha value is -0.910. The molecule has 1 saturated heterocycles. The quantitative estimate of drug-likeness (QED) is 0.828. The Morgan fingerprint density at radius 3 is 2.20 bits per heavy atom. The van der Waals surface area contributed by atoms with Gasteiger partial charge in [-0.3, -0.25) is 4.90 Å². The Balaban J connectivity index is 1.88. The highest BCUT2D eigenvalue weighted by Crippen LogP contribution is 2.12. The van der Waals surface area contributed by atoms with Crippen LogP contribution in [0.1, 0.15) is 19.4 Å². The van der Waals surface area contributed by atoms with Gasteiger partial charge in [-0.2, -0.15) is 4.31 Å². The van der Waals surface area contributed by atoms with Gasteiger partial charge in [0.05, 0.1) is 5.75 Å². The smallest absolute Gasteiger partial charge is 0.214 e. The monoisotopic (exact) mass is 296 g/mol. The molecule has 1 aromatic rings. The third kappa shape index (κ3) is 4.04. The van der Waals surface area contributed by atoms with Gasteiger partial charge in [-0.1, -0.05) is 30.3 Å². The molecule has 1 fully saturated rings. The second-order valence-corrected chi connectivity index (χ2v) is 7.67. The summed E-state index contributed by atoms with van der Waals surface area (Å²) in [6.07, 6.45) is 0.591. The van der Waals surface area contributed by atoms with E-state index in [0.717, 1.165) is 18.7 Å². The molecule has 0 saturated carbocycles. The zero-order chi connectivity index (χ0) is 14.6. The minimum atomic E-state index is -3.12. The van der Waals surface area contributed by atoms with Crippen molar-refractivity contribution in [2.75, 3.05) is 31.9 Å². The van der Waals surface area contributed by atoms with Crippen LogP contribution in [-0.2, 0) is 16.4 Å². The normalized spacial score (nSPS) is 18.6. The van der Waals surface area contributed by atoms with Gasteiger partial charge in [0.1, 0.15) is 0 Å². The predicted molar refractivity (Wildman–Crippen MR) is 82.2 cm³/mol. The number of hydrogen-bond acceptors (Lipinski definition) is 3. The lowest BCUT2D eigenvalue weighted by atomic mass is 10.2. The Bertz CT molecular complexity index is 506. The molecular weight excluding hydrogens is 272 g/mol. The lowest BCUT2D eigenvalue weighted by Gasteiger charge is -2.36. The van der Waals surface area contributed by atoms with Gasteiger partial charge >= 0.3 is 0 Å². The molecule has 5 heteroatoms. The molecule has 1 aliphatic rings. The van der Waals surface area contributed by atoms with Crippen molar-refractivity contribution < 1.29 is 8.42 Å². The average Bonchev–Trinajstić information content (AvgIpc) is 2.46. The fourth-order valence-electron chi connectivity index (χ4n) is 2.52. The van der Waals surface area contributed by atoms with Crippen LogP contribution >= 0.6 is 0 Å². The van der Waals surface area contributed by atoms with Crippen molar-refractivity contribution >= 4 is 10.0 Å². The Labute approximate surface area is 122 Å². The van der Waals surface area contributed by atoms with Gasteiger partial charge in [-0.05, 0) is 25.8 Å². The fourth-order valence-corrected chi connectivity index (χ4v) is 3.99. The summed E-state index contributed by atoms with van der Waals surface area (Å²) in [5.74, 6) is 0.207. The molecule has 2 rings (SSSR count). The zero-order valence-corrected chi connectivity index (χ0v) is 13.1. The Kier molecular flexibility index (Phi) is 5.18. The molecule has 0 unspecified atom stereocenters. The van der Waals surface area contributed by atoms with Gasteiger partial charge in [0.2, 0.25) is 10.0 Å². The van der Waals surface area contributed by atoms with Crippen LogP contribution in [0, 0.1) is 0 Å². The van der Waals surface area contributed by atoms with E-state index in [-0.39, 0.29) is 5.75 Å². The minimum absolute atomic E-state index is 0.207. The third-order valence-electron chi connectivity index (χ3n) is 3.89. The number of rotatable bonds is 5. The van der Waals surface area contributed by atoms with Gasteiger partial charge in [0.15, 0.2) is 0 Å². The lowest BCUT2D eigenvalue weighted by Crippen LogP contribution is -2.51. The standard InChI is InChI=1S/C15H24N2O2S/c1-14(2)16-9-11-17(12-10-16)20(18,19)13-8-15-6-4-3-5-7-15/h3-7,14H,8-13H2,1-2H3. The van der Waals surface area contributed by atoms with E-state index in [2.05, 4.69) is 18.7 Å². The highest BCUT2D eigenvalue weighted by Gasteiger charge is 2.27. The van der Waals surface area contributed by atoms with Crippen molar-refractivity contribution in [2.24, 2.45) is 0 Å². The SMILES string of the molecule is CC(C)N1CCN(S(=O)(=O)CCc2ccccc2)CC1. The number of aryl methyl sites for hydroxylation is 1. The first-order valence-corrected chi connectivity index (χ1v) is 8.86. The number of benzene rings is 1. The molecule has 0 radical (unpaired) electrons. The molecule has 1 aromatic carbocycles. The van der Waals surface area contributed by atoms with E-state index in [4.69, 9.17) is 0 Å². The molecule has 0 spiro atoms. The fraction of sp³-hybridized carbons (Fsp3) is 0.600. The number of nitrogens with zero attached hydrogens (tertiary/aromatic N) is 2. The summed E-state index contributed by atoms with van der Waals surface area (Å²) in [5.41, 5.74) is 1.08. The molecule has 0 bridgehead atoms. The van der Waals surface area contributed by atoms with Crippen molar-refractivity contribution in [1.29, 1.82) is 0 Å². The van der Waals surface area contributed by atoms with Crippen molar-refractivity contribution in [1.82, 2.24) is 9.21 Å². The van der Waals surface area contributed by atoms with E-state index >= 15 is 0 Å². The van der Waals surface area contributed by atoms with Crippen molar-refractivity contribution in [3.8, 4) is 0 Å². The summed E-state index contributed by atoms with van der Waals surface area (Å²) in [5, 5.41) is 0. The third-order valence-corrected chi connectivity index (χ3v) is 5.76. The largest absolute Gasteiger partial charge is 0.298 e. The van der Waals surface area contributed by atoms with E-state index in [9.17, 15) is 8.42 Å². The molecule has 4 nitrogen and oxygen atoms in total. The number of piperazine rings is 1. The molecular formula is C15H24N2O2S. The van der Waals surface area contributed by atoms with Crippen LogP contribution in [0.2, 0.25) is 0 Å². The van der Waals surface area contributed by atoms with E-state index in [1.54, 1.807) is 4.31 Å². The van der Waals surface area contributed by atoms with Crippen molar-refractivity contribution in [2.45, 2.75) is 26.3 Å². The van der Waals surface area contributed by atoms with Crippen LogP contribution in [0.4, 0.5) is 0 Å². The highest BCUT2D eigenvalue weighted by atomic mass is 32.2. The summed E-state index contributed by atoms with van der Waals surface area (Å²) in [4.78, 5) is 2.32. The summed E-state index contributed by atoms with van der Waals surface area (Å²) >= 11 is 0. The summed E-state index contributed by atoms with van der Waals surface area (Å²) in [6.45, 7) is 7.22. The van der Waals surface area contributed by atoms with Crippen LogP contribution < -0.4 is 0 Å². The first kappa shape index (κ1) is 15.5. The van der Waals surface area contributed by atoms with Crippen LogP contribution in [0.25, 0.3) is 0 Å². The van der Waals surface area contributed by atoms with E-state index in [1.165, 1.54) is 0 Å². The Morgan fingerprint density at radius 1 is 1.05 bits per heavy atom. The van der Waals surface area contributed by atoms with Gasteiger partial charge in [0.25, 0.3) is 0 Å². The summed E-state index contributed by atoms with van der Waals surface area (Å²) in [7, 11) is -3.12. The zero-order valence-electron chi connectivity index (χ0n) is 12.3. The molecule has 112 valence electrons. The average molecular weight is 296 g/mol. The van der Waals surface area contributed by atoms with Crippen molar-refractivity contribution in [3.05, 3.63) is 35.9 Å². The maximum Gasteiger partial charge on any atom is 0.214 e. The van der Waals surface area contributed by atoms with Crippen LogP contribution in [0.15, 0.2) is 30.3 Å². The van der Waals surface area contributed by atoms with Crippen LogP contribution in [0.3, 0.4) is 0 Å². The molecule has 1 aliphatic heterocycles. The first-order chi connectivity index (χ1) is 9.49. The molecule has 1 heterocycles.